The molecule has 0 aliphatic carbocycles. The van der Waals surface area contributed by atoms with Crippen molar-refractivity contribution >= 4 is 29.3 Å². The van der Waals surface area contributed by atoms with Crippen LogP contribution in [0.2, 0.25) is 0 Å². The summed E-state index contributed by atoms with van der Waals surface area (Å²) in [4.78, 5) is 53.8. The van der Waals surface area contributed by atoms with Crippen LogP contribution >= 0.6 is 0 Å². The van der Waals surface area contributed by atoms with Crippen LogP contribution in [-0.4, -0.2) is 72.7 Å². The zero-order valence-corrected chi connectivity index (χ0v) is 15.6. The highest BCUT2D eigenvalue weighted by atomic mass is 16.2. The van der Waals surface area contributed by atoms with Crippen molar-refractivity contribution in [2.45, 2.75) is 25.8 Å². The molecule has 1 N–H and O–H groups in total. The van der Waals surface area contributed by atoms with E-state index in [1.54, 1.807) is 28.0 Å². The van der Waals surface area contributed by atoms with Gasteiger partial charge in [-0.15, -0.1) is 0 Å². The average Bonchev–Trinajstić information content (AvgIpc) is 3.12. The lowest BCUT2D eigenvalue weighted by Gasteiger charge is -2.40. The van der Waals surface area contributed by atoms with Gasteiger partial charge in [0.2, 0.25) is 17.7 Å². The van der Waals surface area contributed by atoms with Gasteiger partial charge < -0.3 is 20.0 Å². The Morgan fingerprint density at radius 1 is 1.15 bits per heavy atom. The lowest BCUT2D eigenvalue weighted by Crippen LogP contribution is -2.61. The molecule has 2 heterocycles. The molecule has 0 aromatic heterocycles. The molecule has 1 unspecified atom stereocenters. The summed E-state index contributed by atoms with van der Waals surface area (Å²) < 4.78 is 0. The molecule has 0 spiro atoms. The van der Waals surface area contributed by atoms with Crippen molar-refractivity contribution in [3.8, 4) is 0 Å². The Balaban J connectivity index is 1.84. The molecule has 2 fully saturated rings. The number of nitrogens with zero attached hydrogens (tertiary/aromatic N) is 3. The van der Waals surface area contributed by atoms with Crippen molar-refractivity contribution in [2.75, 3.05) is 38.1 Å². The Hall–Kier alpha value is -2.90. The highest BCUT2D eigenvalue weighted by Gasteiger charge is 2.36. The molecule has 0 radical (unpaired) electrons. The lowest BCUT2D eigenvalue weighted by atomic mass is 10.1. The van der Waals surface area contributed by atoms with Crippen molar-refractivity contribution < 1.29 is 19.2 Å². The molecule has 2 aliphatic rings. The first-order chi connectivity index (χ1) is 12.9. The number of nitrogens with one attached hydrogen (secondary N) is 1. The minimum absolute atomic E-state index is 0.0536. The summed E-state index contributed by atoms with van der Waals surface area (Å²) in [7, 11) is 1.51. The maximum atomic E-state index is 13.1. The van der Waals surface area contributed by atoms with E-state index in [0.717, 1.165) is 6.42 Å². The maximum Gasteiger partial charge on any atom is 0.254 e. The number of amides is 4. The van der Waals surface area contributed by atoms with E-state index < -0.39 is 6.04 Å². The quantitative estimate of drug-likeness (QED) is 0.823. The van der Waals surface area contributed by atoms with E-state index in [2.05, 4.69) is 5.32 Å². The lowest BCUT2D eigenvalue weighted by molar-refractivity contribution is -0.135. The molecule has 27 heavy (non-hydrogen) atoms. The second kappa shape index (κ2) is 7.77. The number of piperazine rings is 1. The molecular weight excluding hydrogens is 348 g/mol. The molecule has 0 bridgehead atoms. The summed E-state index contributed by atoms with van der Waals surface area (Å²) in [5, 5.41) is 2.57. The molecular formula is C19H24N4O4. The standard InChI is InChI=1S/C19H24N4O4/c1-13(24)21-9-10-23(16(12-21)18(26)20-2)19(27)14-5-3-6-15(11-14)22-8-4-7-17(22)25/h3,5-6,11,16H,4,7-10,12H2,1-2H3,(H,20,26). The van der Waals surface area contributed by atoms with E-state index >= 15 is 0 Å². The molecule has 1 aromatic rings. The first-order valence-corrected chi connectivity index (χ1v) is 9.11. The van der Waals surface area contributed by atoms with Crippen LogP contribution in [0.4, 0.5) is 5.69 Å². The third-order valence-electron chi connectivity index (χ3n) is 5.11. The molecule has 2 saturated heterocycles. The third-order valence-corrected chi connectivity index (χ3v) is 5.11. The highest BCUT2D eigenvalue weighted by molar-refractivity contribution is 6.00. The molecule has 3 rings (SSSR count). The van der Waals surface area contributed by atoms with Crippen LogP contribution in [0.1, 0.15) is 30.1 Å². The van der Waals surface area contributed by atoms with Crippen molar-refractivity contribution in [3.05, 3.63) is 29.8 Å². The van der Waals surface area contributed by atoms with Gasteiger partial charge in [-0.1, -0.05) is 6.07 Å². The van der Waals surface area contributed by atoms with E-state index in [9.17, 15) is 19.2 Å². The summed E-state index contributed by atoms with van der Waals surface area (Å²) in [5.41, 5.74) is 1.12. The number of likely N-dealkylation sites (N-methyl/N-ethyl adjacent to an activating group) is 1. The van der Waals surface area contributed by atoms with Crippen molar-refractivity contribution in [3.63, 3.8) is 0 Å². The fourth-order valence-electron chi connectivity index (χ4n) is 3.60. The summed E-state index contributed by atoms with van der Waals surface area (Å²) in [6, 6.07) is 6.20. The van der Waals surface area contributed by atoms with Gasteiger partial charge in [0, 0.05) is 51.3 Å². The number of carbonyl (C=O) groups excluding carboxylic acids is 4. The van der Waals surface area contributed by atoms with Crippen LogP contribution in [0.15, 0.2) is 24.3 Å². The predicted molar refractivity (Wildman–Crippen MR) is 99.2 cm³/mol. The van der Waals surface area contributed by atoms with Crippen LogP contribution in [0.3, 0.4) is 0 Å². The Morgan fingerprint density at radius 2 is 1.93 bits per heavy atom. The molecule has 144 valence electrons. The minimum atomic E-state index is -0.739. The fraction of sp³-hybridized carbons (Fsp3) is 0.474. The van der Waals surface area contributed by atoms with Crippen LogP contribution < -0.4 is 10.2 Å². The van der Waals surface area contributed by atoms with Gasteiger partial charge in [-0.3, -0.25) is 19.2 Å². The number of hydrogen-bond donors (Lipinski definition) is 1. The second-order valence-electron chi connectivity index (χ2n) is 6.79. The first-order valence-electron chi connectivity index (χ1n) is 9.11. The van der Waals surface area contributed by atoms with E-state index in [1.165, 1.54) is 18.9 Å². The average molecular weight is 372 g/mol. The maximum absolute atomic E-state index is 13.1. The molecule has 8 nitrogen and oxygen atoms in total. The summed E-state index contributed by atoms with van der Waals surface area (Å²) in [5.74, 6) is -0.649. The number of rotatable bonds is 3. The Kier molecular flexibility index (Phi) is 5.43. The summed E-state index contributed by atoms with van der Waals surface area (Å²) in [6.45, 7) is 2.94. The van der Waals surface area contributed by atoms with Gasteiger partial charge in [-0.25, -0.2) is 0 Å². The van der Waals surface area contributed by atoms with E-state index in [0.29, 0.717) is 30.8 Å². The van der Waals surface area contributed by atoms with Gasteiger partial charge in [0.25, 0.3) is 5.91 Å². The normalized spacial score (nSPS) is 20.0. The van der Waals surface area contributed by atoms with Gasteiger partial charge in [-0.2, -0.15) is 0 Å². The molecule has 1 aromatic carbocycles. The van der Waals surface area contributed by atoms with Crippen LogP contribution in [0.25, 0.3) is 0 Å². The largest absolute Gasteiger partial charge is 0.357 e. The van der Waals surface area contributed by atoms with Gasteiger partial charge in [0.15, 0.2) is 0 Å². The van der Waals surface area contributed by atoms with Gasteiger partial charge >= 0.3 is 0 Å². The Labute approximate surface area is 158 Å². The first kappa shape index (κ1) is 18.9. The smallest absolute Gasteiger partial charge is 0.254 e. The molecule has 0 saturated carbocycles. The van der Waals surface area contributed by atoms with Gasteiger partial charge in [-0.05, 0) is 24.6 Å². The van der Waals surface area contributed by atoms with Crippen LogP contribution in [0, 0.1) is 0 Å². The van der Waals surface area contributed by atoms with Crippen molar-refractivity contribution in [1.82, 2.24) is 15.1 Å². The monoisotopic (exact) mass is 372 g/mol. The van der Waals surface area contributed by atoms with E-state index in [-0.39, 0.29) is 36.7 Å². The Morgan fingerprint density at radius 3 is 2.56 bits per heavy atom. The van der Waals surface area contributed by atoms with Gasteiger partial charge in [0.05, 0.1) is 6.54 Å². The van der Waals surface area contributed by atoms with Crippen LogP contribution in [-0.2, 0) is 14.4 Å². The van der Waals surface area contributed by atoms with Crippen LogP contribution in [0.5, 0.6) is 0 Å². The fourth-order valence-corrected chi connectivity index (χ4v) is 3.60. The SMILES string of the molecule is CNC(=O)C1CN(C(C)=O)CCN1C(=O)c1cccc(N2CCCC2=O)c1. The number of benzene rings is 1. The molecule has 4 amide bonds. The zero-order chi connectivity index (χ0) is 19.6. The zero-order valence-electron chi connectivity index (χ0n) is 15.6. The van der Waals surface area contributed by atoms with Crippen molar-refractivity contribution in [1.29, 1.82) is 0 Å². The highest BCUT2D eigenvalue weighted by Crippen LogP contribution is 2.24. The number of carbonyl (C=O) groups is 4. The van der Waals surface area contributed by atoms with E-state index in [1.807, 2.05) is 6.07 Å². The Bertz CT molecular complexity index is 779. The number of hydrogen-bond acceptors (Lipinski definition) is 4. The van der Waals surface area contributed by atoms with Crippen molar-refractivity contribution in [2.24, 2.45) is 0 Å². The number of anilines is 1. The van der Waals surface area contributed by atoms with Gasteiger partial charge in [0.1, 0.15) is 6.04 Å². The molecule has 2 aliphatic heterocycles. The summed E-state index contributed by atoms with van der Waals surface area (Å²) in [6.07, 6.45) is 1.33. The summed E-state index contributed by atoms with van der Waals surface area (Å²) >= 11 is 0. The van der Waals surface area contributed by atoms with E-state index in [4.69, 9.17) is 0 Å². The third kappa shape index (κ3) is 3.79. The topological polar surface area (TPSA) is 90.0 Å². The second-order valence-corrected chi connectivity index (χ2v) is 6.79. The molecule has 1 atom stereocenters. The molecule has 8 heteroatoms. The predicted octanol–water partition coefficient (Wildman–Crippen LogP) is 0.232. The minimum Gasteiger partial charge on any atom is -0.357 e.